The van der Waals surface area contributed by atoms with Crippen LogP contribution in [0.2, 0.25) is 0 Å². The summed E-state index contributed by atoms with van der Waals surface area (Å²) >= 11 is 0. The highest BCUT2D eigenvalue weighted by Gasteiger charge is 2.03. The fraction of sp³-hybridized carbons (Fsp3) is 0.529. The molecule has 1 N–H and O–H groups in total. The Balaban J connectivity index is 1.81. The smallest absolute Gasteiger partial charge is 0.269 e. The van der Waals surface area contributed by atoms with Crippen molar-refractivity contribution in [3.05, 3.63) is 40.8 Å². The average Bonchev–Trinajstić information content (AvgIpc) is 2.51. The van der Waals surface area contributed by atoms with Gasteiger partial charge in [0.1, 0.15) is 0 Å². The highest BCUT2D eigenvalue weighted by atomic mass is 16.2. The summed E-state index contributed by atoms with van der Waals surface area (Å²) in [5.74, 6) is 0. The van der Waals surface area contributed by atoms with Gasteiger partial charge in [0.25, 0.3) is 5.56 Å². The van der Waals surface area contributed by atoms with Crippen molar-refractivity contribution in [1.82, 2.24) is 9.55 Å². The Morgan fingerprint density at radius 1 is 0.952 bits per heavy atom. The van der Waals surface area contributed by atoms with Crippen LogP contribution in [0.25, 0.3) is 11.0 Å². The van der Waals surface area contributed by atoms with E-state index in [-0.39, 0.29) is 5.56 Å². The van der Waals surface area contributed by atoms with E-state index in [2.05, 4.69) is 4.98 Å². The first kappa shape index (κ1) is 15.7. The SMILES string of the molecule is O=c1cnc2ccccc2n1CCCCCCCCCO. The maximum atomic E-state index is 11.9. The van der Waals surface area contributed by atoms with Crippen LogP contribution in [0.15, 0.2) is 35.3 Å². The van der Waals surface area contributed by atoms with Crippen LogP contribution < -0.4 is 5.56 Å². The maximum absolute atomic E-state index is 11.9. The predicted molar refractivity (Wildman–Crippen MR) is 85.4 cm³/mol. The zero-order chi connectivity index (χ0) is 14.9. The minimum Gasteiger partial charge on any atom is -0.396 e. The Kier molecular flexibility index (Phi) is 6.41. The van der Waals surface area contributed by atoms with Gasteiger partial charge >= 0.3 is 0 Å². The first-order valence-corrected chi connectivity index (χ1v) is 7.88. The van der Waals surface area contributed by atoms with E-state index in [9.17, 15) is 4.79 Å². The van der Waals surface area contributed by atoms with Gasteiger partial charge in [0.2, 0.25) is 0 Å². The molecule has 0 spiro atoms. The molecule has 0 aliphatic rings. The lowest BCUT2D eigenvalue weighted by molar-refractivity contribution is 0.282. The second-order valence-electron chi connectivity index (χ2n) is 5.44. The molecule has 0 aliphatic carbocycles. The minimum atomic E-state index is -0.0170. The molecule has 2 aromatic rings. The van der Waals surface area contributed by atoms with Gasteiger partial charge in [-0.25, -0.2) is 4.98 Å². The summed E-state index contributed by atoms with van der Waals surface area (Å²) in [5.41, 5.74) is 1.78. The number of rotatable bonds is 9. The molecule has 0 saturated heterocycles. The Hall–Kier alpha value is -1.68. The Bertz CT molecular complexity index is 607. The number of hydrogen-bond acceptors (Lipinski definition) is 3. The van der Waals surface area contributed by atoms with Crippen molar-refractivity contribution in [2.45, 2.75) is 51.5 Å². The number of aromatic nitrogens is 2. The van der Waals surface area contributed by atoms with Gasteiger partial charge in [-0.2, -0.15) is 0 Å². The number of nitrogens with zero attached hydrogens (tertiary/aromatic N) is 2. The number of fused-ring (bicyclic) bond motifs is 1. The van der Waals surface area contributed by atoms with E-state index < -0.39 is 0 Å². The molecule has 1 heterocycles. The molecule has 2 rings (SSSR count). The first-order valence-electron chi connectivity index (χ1n) is 7.88. The van der Waals surface area contributed by atoms with Crippen LogP contribution in [0.4, 0.5) is 0 Å². The number of aryl methyl sites for hydroxylation is 1. The van der Waals surface area contributed by atoms with E-state index in [1.165, 1.54) is 25.5 Å². The highest BCUT2D eigenvalue weighted by Crippen LogP contribution is 2.11. The van der Waals surface area contributed by atoms with Gasteiger partial charge in [-0.05, 0) is 25.0 Å². The van der Waals surface area contributed by atoms with Crippen molar-refractivity contribution >= 4 is 11.0 Å². The summed E-state index contributed by atoms with van der Waals surface area (Å²) in [6.07, 6.45) is 9.21. The third-order valence-corrected chi connectivity index (χ3v) is 3.79. The lowest BCUT2D eigenvalue weighted by atomic mass is 10.1. The fourth-order valence-electron chi connectivity index (χ4n) is 2.61. The van der Waals surface area contributed by atoms with Crippen LogP contribution in [-0.4, -0.2) is 21.3 Å². The normalized spacial score (nSPS) is 11.1. The van der Waals surface area contributed by atoms with E-state index in [0.717, 1.165) is 43.3 Å². The summed E-state index contributed by atoms with van der Waals surface area (Å²) in [6, 6.07) is 7.78. The first-order chi connectivity index (χ1) is 10.3. The van der Waals surface area contributed by atoms with E-state index in [0.29, 0.717) is 6.61 Å². The number of para-hydroxylation sites is 2. The quantitative estimate of drug-likeness (QED) is 0.721. The molecule has 1 aromatic heterocycles. The zero-order valence-electron chi connectivity index (χ0n) is 12.5. The number of unbranched alkanes of at least 4 members (excludes halogenated alkanes) is 6. The molecule has 0 bridgehead atoms. The molecule has 0 aliphatic heterocycles. The summed E-state index contributed by atoms with van der Waals surface area (Å²) in [5, 5.41) is 8.71. The summed E-state index contributed by atoms with van der Waals surface area (Å²) in [7, 11) is 0. The van der Waals surface area contributed by atoms with Crippen molar-refractivity contribution in [3.63, 3.8) is 0 Å². The number of aliphatic hydroxyl groups is 1. The Morgan fingerprint density at radius 3 is 2.38 bits per heavy atom. The van der Waals surface area contributed by atoms with Crippen molar-refractivity contribution in [2.24, 2.45) is 0 Å². The number of aliphatic hydroxyl groups excluding tert-OH is 1. The zero-order valence-corrected chi connectivity index (χ0v) is 12.5. The predicted octanol–water partition coefficient (Wildman–Crippen LogP) is 3.12. The third-order valence-electron chi connectivity index (χ3n) is 3.79. The van der Waals surface area contributed by atoms with E-state index in [4.69, 9.17) is 5.11 Å². The van der Waals surface area contributed by atoms with E-state index in [1.54, 1.807) is 0 Å². The van der Waals surface area contributed by atoms with Gasteiger partial charge < -0.3 is 9.67 Å². The van der Waals surface area contributed by atoms with Crippen LogP contribution in [0.1, 0.15) is 44.9 Å². The Labute approximate surface area is 125 Å². The summed E-state index contributed by atoms with van der Waals surface area (Å²) in [6.45, 7) is 1.07. The van der Waals surface area contributed by atoms with Gasteiger partial charge in [-0.1, -0.05) is 44.2 Å². The maximum Gasteiger partial charge on any atom is 0.269 e. The molecule has 114 valence electrons. The standard InChI is InChI=1S/C17H24N2O2/c20-13-9-5-3-1-2-4-8-12-19-16-11-7-6-10-15(16)18-14-17(19)21/h6-7,10-11,14,20H,1-5,8-9,12-13H2. The highest BCUT2D eigenvalue weighted by molar-refractivity contribution is 5.74. The van der Waals surface area contributed by atoms with Crippen LogP contribution in [0, 0.1) is 0 Å². The molecule has 0 unspecified atom stereocenters. The van der Waals surface area contributed by atoms with Crippen molar-refractivity contribution in [3.8, 4) is 0 Å². The second-order valence-corrected chi connectivity index (χ2v) is 5.44. The van der Waals surface area contributed by atoms with Crippen LogP contribution in [0.5, 0.6) is 0 Å². The van der Waals surface area contributed by atoms with E-state index in [1.807, 2.05) is 28.8 Å². The fourth-order valence-corrected chi connectivity index (χ4v) is 2.61. The molecular weight excluding hydrogens is 264 g/mol. The molecule has 0 saturated carbocycles. The number of hydrogen-bond donors (Lipinski definition) is 1. The second kappa shape index (κ2) is 8.57. The summed E-state index contributed by atoms with van der Waals surface area (Å²) in [4.78, 5) is 16.1. The van der Waals surface area contributed by atoms with Crippen LogP contribution in [-0.2, 0) is 6.54 Å². The molecule has 0 atom stereocenters. The van der Waals surface area contributed by atoms with Crippen molar-refractivity contribution in [2.75, 3.05) is 6.61 Å². The summed E-state index contributed by atoms with van der Waals surface area (Å²) < 4.78 is 1.83. The average molecular weight is 288 g/mol. The molecule has 1 aromatic carbocycles. The lowest BCUT2D eigenvalue weighted by Gasteiger charge is -2.09. The van der Waals surface area contributed by atoms with Crippen LogP contribution in [0.3, 0.4) is 0 Å². The van der Waals surface area contributed by atoms with E-state index >= 15 is 0 Å². The van der Waals surface area contributed by atoms with Gasteiger partial charge in [-0.3, -0.25) is 4.79 Å². The number of benzene rings is 1. The molecule has 0 amide bonds. The lowest BCUT2D eigenvalue weighted by Crippen LogP contribution is -2.20. The van der Waals surface area contributed by atoms with Gasteiger partial charge in [0.05, 0.1) is 17.2 Å². The Morgan fingerprint density at radius 2 is 1.62 bits per heavy atom. The monoisotopic (exact) mass is 288 g/mol. The minimum absolute atomic E-state index is 0.0170. The van der Waals surface area contributed by atoms with Gasteiger partial charge in [0.15, 0.2) is 0 Å². The van der Waals surface area contributed by atoms with Gasteiger partial charge in [0, 0.05) is 13.2 Å². The molecule has 21 heavy (non-hydrogen) atoms. The molecule has 0 fully saturated rings. The molecular formula is C17H24N2O2. The molecule has 4 heteroatoms. The topological polar surface area (TPSA) is 55.1 Å². The van der Waals surface area contributed by atoms with Crippen molar-refractivity contribution < 1.29 is 5.11 Å². The van der Waals surface area contributed by atoms with Crippen molar-refractivity contribution in [1.29, 1.82) is 0 Å². The molecule has 4 nitrogen and oxygen atoms in total. The van der Waals surface area contributed by atoms with Crippen LogP contribution >= 0.6 is 0 Å². The van der Waals surface area contributed by atoms with Gasteiger partial charge in [-0.15, -0.1) is 0 Å². The largest absolute Gasteiger partial charge is 0.396 e. The third kappa shape index (κ3) is 4.67. The molecule has 0 radical (unpaired) electrons.